The van der Waals surface area contributed by atoms with Gasteiger partial charge in [-0.1, -0.05) is 23.4 Å². The highest BCUT2D eigenvalue weighted by molar-refractivity contribution is 9.10. The lowest BCUT2D eigenvalue weighted by Gasteiger charge is -2.26. The summed E-state index contributed by atoms with van der Waals surface area (Å²) in [5, 5.41) is 11.8. The van der Waals surface area contributed by atoms with Crippen LogP contribution in [0.15, 0.2) is 52.1 Å². The maximum Gasteiger partial charge on any atom is 0.170 e. The lowest BCUT2D eigenvalue weighted by Crippen LogP contribution is -2.24. The standard InChI is InChI=1S/C16H16BrN3O/c1-10-8-11-4-2-3-5-14(11)20(10)15-7-6-12(9-13(15)17)16(18)19-21/h2-7,9-10,21H,8H2,1H3,(H2,18,19). The molecule has 3 N–H and O–H groups in total. The van der Waals surface area contributed by atoms with Crippen LogP contribution < -0.4 is 10.6 Å². The number of anilines is 2. The SMILES string of the molecule is CC1Cc2ccccc2N1c1ccc(/C(N)=N/O)cc1Br. The third-order valence-corrected chi connectivity index (χ3v) is 4.45. The van der Waals surface area contributed by atoms with Crippen LogP contribution in [-0.2, 0) is 6.42 Å². The Morgan fingerprint density at radius 3 is 2.76 bits per heavy atom. The van der Waals surface area contributed by atoms with Crippen LogP contribution >= 0.6 is 15.9 Å². The summed E-state index contributed by atoms with van der Waals surface area (Å²) in [6.45, 7) is 2.21. The van der Waals surface area contributed by atoms with Gasteiger partial charge in [-0.3, -0.25) is 0 Å². The van der Waals surface area contributed by atoms with Crippen molar-refractivity contribution in [2.24, 2.45) is 10.9 Å². The predicted molar refractivity (Wildman–Crippen MR) is 88.4 cm³/mol. The first kappa shape index (κ1) is 13.9. The molecule has 0 aliphatic carbocycles. The van der Waals surface area contributed by atoms with Crippen LogP contribution in [0, 0.1) is 0 Å². The van der Waals surface area contributed by atoms with E-state index >= 15 is 0 Å². The van der Waals surface area contributed by atoms with Gasteiger partial charge in [0.25, 0.3) is 0 Å². The molecule has 2 aromatic carbocycles. The highest BCUT2D eigenvalue weighted by Gasteiger charge is 2.28. The van der Waals surface area contributed by atoms with E-state index in [-0.39, 0.29) is 5.84 Å². The molecule has 2 aromatic rings. The number of para-hydroxylation sites is 1. The zero-order chi connectivity index (χ0) is 15.0. The molecule has 0 fully saturated rings. The van der Waals surface area contributed by atoms with Gasteiger partial charge < -0.3 is 15.8 Å². The molecular formula is C16H16BrN3O. The molecule has 5 heteroatoms. The summed E-state index contributed by atoms with van der Waals surface area (Å²) in [7, 11) is 0. The number of fused-ring (bicyclic) bond motifs is 1. The first-order valence-corrected chi connectivity index (χ1v) is 7.55. The minimum absolute atomic E-state index is 0.108. The van der Waals surface area contributed by atoms with Gasteiger partial charge in [-0.25, -0.2) is 0 Å². The van der Waals surface area contributed by atoms with Gasteiger partial charge in [0.05, 0.1) is 5.69 Å². The minimum atomic E-state index is 0.108. The normalized spacial score (nSPS) is 17.9. The molecule has 0 spiro atoms. The van der Waals surface area contributed by atoms with Crippen LogP contribution in [0.5, 0.6) is 0 Å². The maximum absolute atomic E-state index is 8.77. The van der Waals surface area contributed by atoms with Crippen LogP contribution in [-0.4, -0.2) is 17.1 Å². The summed E-state index contributed by atoms with van der Waals surface area (Å²) in [5.74, 6) is 0.108. The van der Waals surface area contributed by atoms with E-state index in [0.717, 1.165) is 16.6 Å². The van der Waals surface area contributed by atoms with Crippen molar-refractivity contribution in [3.63, 3.8) is 0 Å². The van der Waals surface area contributed by atoms with E-state index in [4.69, 9.17) is 10.9 Å². The minimum Gasteiger partial charge on any atom is -0.409 e. The summed E-state index contributed by atoms with van der Waals surface area (Å²) >= 11 is 3.60. The van der Waals surface area contributed by atoms with Crippen molar-refractivity contribution in [3.8, 4) is 0 Å². The average molecular weight is 346 g/mol. The van der Waals surface area contributed by atoms with E-state index in [9.17, 15) is 0 Å². The third kappa shape index (κ3) is 2.38. The van der Waals surface area contributed by atoms with E-state index in [2.05, 4.69) is 57.2 Å². The fourth-order valence-corrected chi connectivity index (χ4v) is 3.42. The number of oxime groups is 1. The third-order valence-electron chi connectivity index (χ3n) is 3.82. The Kier molecular flexibility index (Phi) is 3.59. The quantitative estimate of drug-likeness (QED) is 0.378. The molecule has 21 heavy (non-hydrogen) atoms. The lowest BCUT2D eigenvalue weighted by molar-refractivity contribution is 0.318. The molecule has 0 radical (unpaired) electrons. The molecule has 108 valence electrons. The Bertz CT molecular complexity index is 714. The maximum atomic E-state index is 8.77. The fourth-order valence-electron chi connectivity index (χ4n) is 2.85. The van der Waals surface area contributed by atoms with E-state index < -0.39 is 0 Å². The Morgan fingerprint density at radius 1 is 1.29 bits per heavy atom. The lowest BCUT2D eigenvalue weighted by atomic mass is 10.1. The molecule has 4 nitrogen and oxygen atoms in total. The van der Waals surface area contributed by atoms with Crippen molar-refractivity contribution >= 4 is 33.1 Å². The molecule has 3 rings (SSSR count). The second kappa shape index (κ2) is 5.41. The highest BCUT2D eigenvalue weighted by Crippen LogP contribution is 2.41. The predicted octanol–water partition coefficient (Wildman–Crippen LogP) is 3.63. The summed E-state index contributed by atoms with van der Waals surface area (Å²) in [6.07, 6.45) is 1.03. The molecule has 1 unspecified atom stereocenters. The zero-order valence-electron chi connectivity index (χ0n) is 11.6. The van der Waals surface area contributed by atoms with E-state index in [1.165, 1.54) is 11.3 Å². The molecule has 0 aromatic heterocycles. The topological polar surface area (TPSA) is 61.8 Å². The van der Waals surface area contributed by atoms with Gasteiger partial charge in [0.2, 0.25) is 0 Å². The van der Waals surface area contributed by atoms with Gasteiger partial charge in [-0.2, -0.15) is 0 Å². The summed E-state index contributed by atoms with van der Waals surface area (Å²) in [5.41, 5.74) is 10.0. The Hall–Kier alpha value is -2.01. The van der Waals surface area contributed by atoms with Crippen molar-refractivity contribution in [3.05, 3.63) is 58.1 Å². The van der Waals surface area contributed by atoms with Crippen LogP contribution in [0.2, 0.25) is 0 Å². The molecule has 0 saturated heterocycles. The fraction of sp³-hybridized carbons (Fsp3) is 0.188. The molecule has 0 amide bonds. The number of halogens is 1. The number of hydrogen-bond donors (Lipinski definition) is 2. The summed E-state index contributed by atoms with van der Waals surface area (Å²) < 4.78 is 0.926. The molecule has 1 aliphatic heterocycles. The van der Waals surface area contributed by atoms with Gasteiger partial charge in [-0.05, 0) is 59.1 Å². The number of benzene rings is 2. The van der Waals surface area contributed by atoms with Crippen LogP contribution in [0.3, 0.4) is 0 Å². The van der Waals surface area contributed by atoms with Gasteiger partial charge in [0, 0.05) is 21.8 Å². The Morgan fingerprint density at radius 2 is 2.05 bits per heavy atom. The van der Waals surface area contributed by atoms with Crippen molar-refractivity contribution in [1.29, 1.82) is 0 Å². The summed E-state index contributed by atoms with van der Waals surface area (Å²) in [4.78, 5) is 2.31. The number of nitrogens with zero attached hydrogens (tertiary/aromatic N) is 2. The van der Waals surface area contributed by atoms with Crippen LogP contribution in [0.4, 0.5) is 11.4 Å². The van der Waals surface area contributed by atoms with Crippen LogP contribution in [0.1, 0.15) is 18.1 Å². The van der Waals surface area contributed by atoms with E-state index in [1.54, 1.807) is 0 Å². The number of rotatable bonds is 2. The average Bonchev–Trinajstić information content (AvgIpc) is 2.82. The van der Waals surface area contributed by atoms with Gasteiger partial charge in [-0.15, -0.1) is 0 Å². The van der Waals surface area contributed by atoms with E-state index in [1.807, 2.05) is 18.2 Å². The van der Waals surface area contributed by atoms with Crippen LogP contribution in [0.25, 0.3) is 0 Å². The van der Waals surface area contributed by atoms with Gasteiger partial charge in [0.1, 0.15) is 0 Å². The molecule has 1 atom stereocenters. The molecular weight excluding hydrogens is 330 g/mol. The van der Waals surface area contributed by atoms with Crippen molar-refractivity contribution < 1.29 is 5.21 Å². The highest BCUT2D eigenvalue weighted by atomic mass is 79.9. The largest absolute Gasteiger partial charge is 0.409 e. The van der Waals surface area contributed by atoms with Crippen molar-refractivity contribution in [2.45, 2.75) is 19.4 Å². The monoisotopic (exact) mass is 345 g/mol. The molecule has 0 bridgehead atoms. The zero-order valence-corrected chi connectivity index (χ0v) is 13.2. The Balaban J connectivity index is 2.05. The second-order valence-electron chi connectivity index (χ2n) is 5.20. The molecule has 0 saturated carbocycles. The Labute approximate surface area is 132 Å². The van der Waals surface area contributed by atoms with Crippen molar-refractivity contribution in [1.82, 2.24) is 0 Å². The molecule has 1 aliphatic rings. The number of nitrogens with two attached hydrogens (primary N) is 1. The first-order valence-electron chi connectivity index (χ1n) is 6.76. The first-order chi connectivity index (χ1) is 10.1. The number of hydrogen-bond acceptors (Lipinski definition) is 3. The smallest absolute Gasteiger partial charge is 0.170 e. The molecule has 1 heterocycles. The van der Waals surface area contributed by atoms with E-state index in [0.29, 0.717) is 11.6 Å². The van der Waals surface area contributed by atoms with Gasteiger partial charge in [0.15, 0.2) is 5.84 Å². The second-order valence-corrected chi connectivity index (χ2v) is 6.06. The number of amidine groups is 1. The van der Waals surface area contributed by atoms with Gasteiger partial charge >= 0.3 is 0 Å². The van der Waals surface area contributed by atoms with Crippen molar-refractivity contribution in [2.75, 3.05) is 4.90 Å². The summed E-state index contributed by atoms with van der Waals surface area (Å²) in [6, 6.07) is 14.6.